The Kier molecular flexibility index (Phi) is 7.81. The Morgan fingerprint density at radius 3 is 2.78 bits per heavy atom. The zero-order valence-electron chi connectivity index (χ0n) is 17.0. The van der Waals surface area contributed by atoms with Gasteiger partial charge in [0.25, 0.3) is 0 Å². The summed E-state index contributed by atoms with van der Waals surface area (Å²) in [6, 6.07) is 8.92. The minimum absolute atomic E-state index is 0.446. The lowest BCUT2D eigenvalue weighted by Crippen LogP contribution is -2.49. The number of fused-ring (bicyclic) bond motifs is 1. The van der Waals surface area contributed by atoms with Crippen LogP contribution < -0.4 is 15.4 Å². The normalized spacial score (nSPS) is 21.4. The van der Waals surface area contributed by atoms with Gasteiger partial charge in [-0.1, -0.05) is 31.5 Å². The third kappa shape index (κ3) is 5.86. The van der Waals surface area contributed by atoms with Crippen LogP contribution in [0.1, 0.15) is 57.4 Å². The molecule has 5 heteroatoms. The van der Waals surface area contributed by atoms with Crippen LogP contribution in [0.25, 0.3) is 0 Å². The number of benzene rings is 1. The first-order chi connectivity index (χ1) is 13.3. The number of hydrogen-bond acceptors (Lipinski definition) is 3. The molecular formula is C22H36N4O. The van der Waals surface area contributed by atoms with Crippen LogP contribution in [-0.2, 0) is 0 Å². The zero-order chi connectivity index (χ0) is 18.9. The summed E-state index contributed by atoms with van der Waals surface area (Å²) in [6.07, 6.45) is 6.04. The van der Waals surface area contributed by atoms with E-state index in [4.69, 9.17) is 9.73 Å². The van der Waals surface area contributed by atoms with Gasteiger partial charge in [-0.2, -0.15) is 0 Å². The van der Waals surface area contributed by atoms with Crippen LogP contribution in [0.5, 0.6) is 5.75 Å². The van der Waals surface area contributed by atoms with Gasteiger partial charge in [0.2, 0.25) is 0 Å². The molecule has 0 bridgehead atoms. The number of ether oxygens (including phenoxy) is 1. The quantitative estimate of drug-likeness (QED) is 0.569. The lowest BCUT2D eigenvalue weighted by molar-refractivity contribution is 0.203. The van der Waals surface area contributed by atoms with Gasteiger partial charge in [0.05, 0.1) is 6.61 Å². The predicted molar refractivity (Wildman–Crippen MR) is 113 cm³/mol. The van der Waals surface area contributed by atoms with Gasteiger partial charge >= 0.3 is 0 Å². The summed E-state index contributed by atoms with van der Waals surface area (Å²) >= 11 is 0. The van der Waals surface area contributed by atoms with E-state index in [9.17, 15) is 0 Å². The topological polar surface area (TPSA) is 48.9 Å². The highest BCUT2D eigenvalue weighted by atomic mass is 16.5. The molecule has 0 spiro atoms. The van der Waals surface area contributed by atoms with Gasteiger partial charge < -0.3 is 20.3 Å². The van der Waals surface area contributed by atoms with E-state index in [1.807, 2.05) is 6.07 Å². The highest BCUT2D eigenvalue weighted by Gasteiger charge is 2.22. The van der Waals surface area contributed by atoms with Gasteiger partial charge in [-0.25, -0.2) is 0 Å². The summed E-state index contributed by atoms with van der Waals surface area (Å²) in [5.74, 6) is 2.44. The molecule has 1 unspecified atom stereocenters. The maximum Gasteiger partial charge on any atom is 0.191 e. The van der Waals surface area contributed by atoms with Crippen LogP contribution in [-0.4, -0.2) is 56.2 Å². The lowest BCUT2D eigenvalue weighted by atomic mass is 9.93. The molecular weight excluding hydrogens is 336 g/mol. The van der Waals surface area contributed by atoms with Crippen molar-refractivity contribution in [2.75, 3.05) is 39.3 Å². The molecule has 5 nitrogen and oxygen atoms in total. The first kappa shape index (κ1) is 20.0. The van der Waals surface area contributed by atoms with Crippen LogP contribution in [0.3, 0.4) is 0 Å². The monoisotopic (exact) mass is 372 g/mol. The fraction of sp³-hybridized carbons (Fsp3) is 0.682. The van der Waals surface area contributed by atoms with Crippen LogP contribution in [0.2, 0.25) is 0 Å². The number of guanidine groups is 1. The van der Waals surface area contributed by atoms with Crippen LogP contribution >= 0.6 is 0 Å². The Morgan fingerprint density at radius 1 is 1.19 bits per heavy atom. The Hall–Kier alpha value is -1.75. The van der Waals surface area contributed by atoms with Crippen LogP contribution in [0.15, 0.2) is 29.3 Å². The maximum absolute atomic E-state index is 5.78. The third-order valence-electron chi connectivity index (χ3n) is 5.65. The number of nitrogens with zero attached hydrogens (tertiary/aromatic N) is 2. The second-order valence-corrected chi connectivity index (χ2v) is 7.71. The van der Waals surface area contributed by atoms with E-state index in [1.54, 1.807) is 0 Å². The molecule has 3 rings (SSSR count). The minimum atomic E-state index is 0.446. The number of hydrogen-bond donors (Lipinski definition) is 2. The van der Waals surface area contributed by atoms with Crippen molar-refractivity contribution in [3.63, 3.8) is 0 Å². The fourth-order valence-electron chi connectivity index (χ4n) is 4.00. The number of likely N-dealkylation sites (tertiary alicyclic amines) is 1. The van der Waals surface area contributed by atoms with Gasteiger partial charge in [-0.15, -0.1) is 0 Å². The highest BCUT2D eigenvalue weighted by molar-refractivity contribution is 5.80. The van der Waals surface area contributed by atoms with Gasteiger partial charge in [-0.3, -0.25) is 4.99 Å². The molecule has 0 aliphatic carbocycles. The largest absolute Gasteiger partial charge is 0.493 e. The molecule has 1 fully saturated rings. The number of unbranched alkanes of at least 4 members (excludes halogenated alkanes) is 1. The summed E-state index contributed by atoms with van der Waals surface area (Å²) in [4.78, 5) is 7.53. The van der Waals surface area contributed by atoms with Gasteiger partial charge in [-0.05, 0) is 50.8 Å². The molecule has 27 heavy (non-hydrogen) atoms. The second kappa shape index (κ2) is 10.5. The molecule has 2 heterocycles. The molecule has 0 radical (unpaired) electrons. The lowest BCUT2D eigenvalue weighted by Gasteiger charge is -2.33. The number of para-hydroxylation sites is 1. The molecule has 1 aromatic rings. The minimum Gasteiger partial charge on any atom is -0.493 e. The standard InChI is InChI=1S/C22H36N4O/c1-3-5-13-26-14-10-19(11-15-26)25-22(23-4-2)24-17-18-12-16-27-21-9-7-6-8-20(18)21/h6-9,18-19H,3-5,10-17H2,1-2H3,(H2,23,24,25). The van der Waals surface area contributed by atoms with Crippen molar-refractivity contribution < 1.29 is 4.74 Å². The molecule has 150 valence electrons. The van der Waals surface area contributed by atoms with Gasteiger partial charge in [0, 0.05) is 38.1 Å². The number of rotatable bonds is 7. The van der Waals surface area contributed by atoms with E-state index in [1.165, 1.54) is 50.9 Å². The maximum atomic E-state index is 5.78. The Bertz CT molecular complexity index is 596. The summed E-state index contributed by atoms with van der Waals surface area (Å²) in [5, 5.41) is 7.11. The van der Waals surface area contributed by atoms with Gasteiger partial charge in [0.1, 0.15) is 5.75 Å². The SMILES string of the molecule is CCCCN1CCC(NC(=NCC2CCOc3ccccc32)NCC)CC1. The van der Waals surface area contributed by atoms with Crippen LogP contribution in [0, 0.1) is 0 Å². The van der Waals surface area contributed by atoms with Crippen molar-refractivity contribution >= 4 is 5.96 Å². The predicted octanol–water partition coefficient (Wildman–Crippen LogP) is 3.37. The number of nitrogens with one attached hydrogen (secondary N) is 2. The highest BCUT2D eigenvalue weighted by Crippen LogP contribution is 2.33. The zero-order valence-corrected chi connectivity index (χ0v) is 17.0. The first-order valence-electron chi connectivity index (χ1n) is 10.8. The van der Waals surface area contributed by atoms with Crippen molar-refractivity contribution in [2.45, 2.75) is 57.9 Å². The second-order valence-electron chi connectivity index (χ2n) is 7.71. The summed E-state index contributed by atoms with van der Waals surface area (Å²) in [7, 11) is 0. The summed E-state index contributed by atoms with van der Waals surface area (Å²) < 4.78 is 5.78. The molecule has 0 amide bonds. The fourth-order valence-corrected chi connectivity index (χ4v) is 4.00. The Balaban J connectivity index is 1.53. The van der Waals surface area contributed by atoms with Crippen molar-refractivity contribution in [1.29, 1.82) is 0 Å². The molecule has 1 aromatic carbocycles. The van der Waals surface area contributed by atoms with E-state index in [0.29, 0.717) is 12.0 Å². The van der Waals surface area contributed by atoms with Crippen molar-refractivity contribution in [3.8, 4) is 5.75 Å². The summed E-state index contributed by atoms with van der Waals surface area (Å²) in [5.41, 5.74) is 1.30. The Morgan fingerprint density at radius 2 is 2.00 bits per heavy atom. The van der Waals surface area contributed by atoms with Crippen LogP contribution in [0.4, 0.5) is 0 Å². The summed E-state index contributed by atoms with van der Waals surface area (Å²) in [6.45, 7) is 10.5. The van der Waals surface area contributed by atoms with E-state index < -0.39 is 0 Å². The molecule has 2 aliphatic heterocycles. The average Bonchev–Trinajstić information content (AvgIpc) is 2.71. The van der Waals surface area contributed by atoms with E-state index in [2.05, 4.69) is 47.6 Å². The van der Waals surface area contributed by atoms with Crippen molar-refractivity contribution in [2.24, 2.45) is 4.99 Å². The van der Waals surface area contributed by atoms with Gasteiger partial charge in [0.15, 0.2) is 5.96 Å². The molecule has 1 atom stereocenters. The average molecular weight is 373 g/mol. The molecule has 2 N–H and O–H groups in total. The molecule has 2 aliphatic rings. The molecule has 0 aromatic heterocycles. The Labute approximate surface area is 164 Å². The van der Waals surface area contributed by atoms with E-state index >= 15 is 0 Å². The van der Waals surface area contributed by atoms with Crippen molar-refractivity contribution in [1.82, 2.24) is 15.5 Å². The van der Waals surface area contributed by atoms with E-state index in [0.717, 1.165) is 37.8 Å². The molecule has 0 saturated carbocycles. The first-order valence-corrected chi connectivity index (χ1v) is 10.8. The van der Waals surface area contributed by atoms with E-state index in [-0.39, 0.29) is 0 Å². The smallest absolute Gasteiger partial charge is 0.191 e. The third-order valence-corrected chi connectivity index (χ3v) is 5.65. The number of piperidine rings is 1. The molecule has 1 saturated heterocycles. The van der Waals surface area contributed by atoms with Crippen molar-refractivity contribution in [3.05, 3.63) is 29.8 Å². The number of aliphatic imine (C=N–C) groups is 1.